The molecule has 3 aliphatic carbocycles. The number of pyridine rings is 1. The van der Waals surface area contributed by atoms with Crippen molar-refractivity contribution in [3.05, 3.63) is 94.4 Å². The van der Waals surface area contributed by atoms with Crippen molar-refractivity contribution in [1.82, 2.24) is 4.98 Å². The first kappa shape index (κ1) is 32.6. The fourth-order valence-corrected chi connectivity index (χ4v) is 7.51. The van der Waals surface area contributed by atoms with E-state index in [2.05, 4.69) is 95.3 Å². The maximum Gasteiger partial charge on any atom is 0.0598 e. The molecule has 1 aromatic heterocycles. The smallest absolute Gasteiger partial charge is 0.0598 e. The van der Waals surface area contributed by atoms with Crippen LogP contribution in [0.1, 0.15) is 109 Å². The summed E-state index contributed by atoms with van der Waals surface area (Å²) >= 11 is 0. The predicted octanol–water partition coefficient (Wildman–Crippen LogP) is 11.2. The third-order valence-corrected chi connectivity index (χ3v) is 9.84. The molecule has 3 aromatic carbocycles. The van der Waals surface area contributed by atoms with Gasteiger partial charge in [0.15, 0.2) is 0 Å². The van der Waals surface area contributed by atoms with E-state index in [0.717, 1.165) is 16.8 Å². The van der Waals surface area contributed by atoms with Gasteiger partial charge < -0.3 is 5.32 Å². The summed E-state index contributed by atoms with van der Waals surface area (Å²) in [6.07, 6.45) is 15.5. The van der Waals surface area contributed by atoms with Crippen LogP contribution in [-0.2, 0) is 25.5 Å². The van der Waals surface area contributed by atoms with Crippen molar-refractivity contribution in [3.8, 4) is 11.3 Å². The molecule has 4 aromatic rings. The second kappa shape index (κ2) is 14.1. The van der Waals surface area contributed by atoms with Crippen molar-refractivity contribution in [2.24, 2.45) is 4.99 Å². The first-order valence-corrected chi connectivity index (χ1v) is 16.6. The molecule has 0 spiro atoms. The van der Waals surface area contributed by atoms with Gasteiger partial charge in [-0.1, -0.05) is 131 Å². The van der Waals surface area contributed by atoms with Gasteiger partial charge in [-0.15, -0.1) is 35.2 Å². The summed E-state index contributed by atoms with van der Waals surface area (Å²) in [7, 11) is 0. The molecule has 233 valence electrons. The van der Waals surface area contributed by atoms with Crippen molar-refractivity contribution < 1.29 is 20.1 Å². The van der Waals surface area contributed by atoms with Crippen LogP contribution in [0.25, 0.3) is 38.2 Å². The number of nitrogens with zero attached hydrogens (tertiary/aromatic N) is 3. The molecule has 1 heterocycles. The minimum absolute atomic E-state index is 0. The van der Waals surface area contributed by atoms with Gasteiger partial charge in [0.1, 0.15) is 0 Å². The molecule has 0 atom stereocenters. The molecule has 0 unspecified atom stereocenters. The number of allylic oxidation sites excluding steroid dienone is 2. The molecule has 0 bridgehead atoms. The zero-order valence-corrected chi connectivity index (χ0v) is 29.6. The van der Waals surface area contributed by atoms with Gasteiger partial charge in [0, 0.05) is 36.6 Å². The summed E-state index contributed by atoms with van der Waals surface area (Å²) in [6.45, 7) is 11.0. The van der Waals surface area contributed by atoms with Gasteiger partial charge in [-0.2, -0.15) is 5.70 Å². The number of aromatic nitrogens is 1. The van der Waals surface area contributed by atoms with Crippen molar-refractivity contribution in [2.45, 2.75) is 116 Å². The second-order valence-corrected chi connectivity index (χ2v) is 13.5. The first-order valence-electron chi connectivity index (χ1n) is 16.6. The third-order valence-electron chi connectivity index (χ3n) is 9.84. The van der Waals surface area contributed by atoms with E-state index in [4.69, 9.17) is 15.3 Å². The Balaban J connectivity index is 0.000000176. The van der Waals surface area contributed by atoms with Crippen LogP contribution in [0.15, 0.2) is 71.4 Å². The summed E-state index contributed by atoms with van der Waals surface area (Å²) in [5, 5.41) is 8.67. The summed E-state index contributed by atoms with van der Waals surface area (Å²) in [4.78, 5) is 9.91. The molecule has 1 radical (unpaired) electrons. The number of hydrogen-bond acceptors (Lipinski definition) is 2. The standard InChI is InChI=1S/C23H18N.C17H29N2.Ir/c1-14-7-4-12-20-17(14)13-19-22(24-20)16-10-5-8-15-9-6-11-18(21(15)16)23(19,2)3;1-14(18-16-9-5-3-6-10-16)13-15(2)19-17-11-7-4-8-12-17;/h4-9,11-13H,1-3H3;13,16-17H,3-12H2,1-2H3;/q2*-1;/b;14-13-,19-15?;. The summed E-state index contributed by atoms with van der Waals surface area (Å²) in [5.74, 6) is 0. The molecule has 0 aliphatic heterocycles. The number of aliphatic imine (C=N–C) groups is 1. The van der Waals surface area contributed by atoms with E-state index in [1.165, 1.54) is 108 Å². The molecule has 4 heteroatoms. The number of rotatable bonds is 4. The van der Waals surface area contributed by atoms with E-state index in [-0.39, 0.29) is 25.5 Å². The number of benzene rings is 3. The Labute approximate surface area is 278 Å². The van der Waals surface area contributed by atoms with Crippen LogP contribution in [0, 0.1) is 13.0 Å². The van der Waals surface area contributed by atoms with Crippen molar-refractivity contribution in [1.29, 1.82) is 0 Å². The van der Waals surface area contributed by atoms with Crippen LogP contribution in [0.5, 0.6) is 0 Å². The fraction of sp³-hybridized carbons (Fsp3) is 0.450. The summed E-state index contributed by atoms with van der Waals surface area (Å²) in [6, 6.07) is 24.1. The Bertz CT molecular complexity index is 1660. The van der Waals surface area contributed by atoms with Crippen molar-refractivity contribution in [2.75, 3.05) is 0 Å². The SMILES string of the molecule is CC(/C=C(/C)[N-]C1CCCCC1)=NC1CCCCC1.Cc1cccc2nc3c(cc12)C(C)(C)c1cccc2cc[c-]c-3c12.[Ir]. The molecular formula is C40H47IrN3-2. The quantitative estimate of drug-likeness (QED) is 0.151. The zero-order valence-electron chi connectivity index (χ0n) is 27.2. The fourth-order valence-electron chi connectivity index (χ4n) is 7.51. The maximum absolute atomic E-state index is 5.06. The van der Waals surface area contributed by atoms with Crippen LogP contribution in [0.2, 0.25) is 0 Å². The van der Waals surface area contributed by atoms with Gasteiger partial charge in [0.05, 0.1) is 11.6 Å². The predicted molar refractivity (Wildman–Crippen MR) is 184 cm³/mol. The summed E-state index contributed by atoms with van der Waals surface area (Å²) < 4.78 is 0. The van der Waals surface area contributed by atoms with E-state index in [1.54, 1.807) is 0 Å². The van der Waals surface area contributed by atoms with Crippen LogP contribution in [0.4, 0.5) is 0 Å². The molecule has 2 saturated carbocycles. The molecule has 2 fully saturated rings. The van der Waals surface area contributed by atoms with Gasteiger partial charge >= 0.3 is 0 Å². The van der Waals surface area contributed by atoms with E-state index >= 15 is 0 Å². The van der Waals surface area contributed by atoms with Crippen molar-refractivity contribution >= 4 is 27.4 Å². The van der Waals surface area contributed by atoms with Gasteiger partial charge in [-0.05, 0) is 44.0 Å². The average molecular weight is 762 g/mol. The van der Waals surface area contributed by atoms with Crippen LogP contribution in [0.3, 0.4) is 0 Å². The minimum Gasteiger partial charge on any atom is -0.685 e. The minimum atomic E-state index is -0.0689. The Hall–Kier alpha value is -2.81. The first-order chi connectivity index (χ1) is 20.8. The molecular weight excluding hydrogens is 715 g/mol. The van der Waals surface area contributed by atoms with Crippen LogP contribution >= 0.6 is 0 Å². The Kier molecular flexibility index (Phi) is 10.4. The van der Waals surface area contributed by atoms with Gasteiger partial charge in [0.2, 0.25) is 0 Å². The van der Waals surface area contributed by atoms with E-state index in [0.29, 0.717) is 12.1 Å². The molecule has 44 heavy (non-hydrogen) atoms. The van der Waals surface area contributed by atoms with Gasteiger partial charge in [0.25, 0.3) is 0 Å². The Morgan fingerprint density at radius 1 is 0.909 bits per heavy atom. The molecule has 7 rings (SSSR count). The van der Waals surface area contributed by atoms with Crippen molar-refractivity contribution in [3.63, 3.8) is 0 Å². The summed E-state index contributed by atoms with van der Waals surface area (Å²) in [5.41, 5.74) is 9.51. The van der Waals surface area contributed by atoms with E-state index in [1.807, 2.05) is 6.07 Å². The largest absolute Gasteiger partial charge is 0.685 e. The number of aryl methyl sites for hydroxylation is 1. The Morgan fingerprint density at radius 2 is 1.61 bits per heavy atom. The van der Waals surface area contributed by atoms with E-state index in [9.17, 15) is 0 Å². The normalized spacial score (nSPS) is 18.7. The molecule has 0 N–H and O–H groups in total. The topological polar surface area (TPSA) is 39.4 Å². The molecule has 3 aliphatic rings. The zero-order chi connectivity index (χ0) is 30.0. The van der Waals surface area contributed by atoms with Gasteiger partial charge in [-0.25, -0.2) is 0 Å². The molecule has 3 nitrogen and oxygen atoms in total. The monoisotopic (exact) mass is 762 g/mol. The molecule has 0 amide bonds. The molecule has 0 saturated heterocycles. The maximum atomic E-state index is 5.06. The van der Waals surface area contributed by atoms with Gasteiger partial charge in [-0.3, -0.25) is 9.98 Å². The number of fused-ring (bicyclic) bond motifs is 3. The Morgan fingerprint density at radius 3 is 2.36 bits per heavy atom. The third kappa shape index (κ3) is 6.87. The van der Waals surface area contributed by atoms with E-state index < -0.39 is 0 Å². The number of hydrogen-bond donors (Lipinski definition) is 0. The van der Waals surface area contributed by atoms with Crippen LogP contribution in [-0.4, -0.2) is 22.8 Å². The average Bonchev–Trinajstić information content (AvgIpc) is 3.01. The second-order valence-electron chi connectivity index (χ2n) is 13.5. The van der Waals surface area contributed by atoms with Crippen LogP contribution < -0.4 is 0 Å².